The smallest absolute Gasteiger partial charge is 0.122 e. The number of hydrogen-bond donors (Lipinski definition) is 2. The summed E-state index contributed by atoms with van der Waals surface area (Å²) < 4.78 is 10.7. The van der Waals surface area contributed by atoms with Gasteiger partial charge in [-0.2, -0.15) is 0 Å². The number of benzene rings is 1. The number of methoxy groups -OCH3 is 1. The van der Waals surface area contributed by atoms with Gasteiger partial charge >= 0.3 is 0 Å². The van der Waals surface area contributed by atoms with Crippen molar-refractivity contribution in [2.24, 2.45) is 5.92 Å². The summed E-state index contributed by atoms with van der Waals surface area (Å²) in [4.78, 5) is 0. The molecule has 18 heavy (non-hydrogen) atoms. The van der Waals surface area contributed by atoms with Gasteiger partial charge in [0.05, 0.1) is 7.11 Å². The number of nitrogens with two attached hydrogens (primary N) is 1. The molecule has 0 fully saturated rings. The highest BCUT2D eigenvalue weighted by atomic mass is 16.5. The highest BCUT2D eigenvalue weighted by Gasteiger charge is 1.99. The summed E-state index contributed by atoms with van der Waals surface area (Å²) in [6.07, 6.45) is 0.976. The monoisotopic (exact) mass is 252 g/mol. The van der Waals surface area contributed by atoms with Crippen molar-refractivity contribution < 1.29 is 9.47 Å². The fourth-order valence-electron chi connectivity index (χ4n) is 1.57. The molecule has 0 aliphatic heterocycles. The van der Waals surface area contributed by atoms with Crippen LogP contribution in [0.15, 0.2) is 18.2 Å². The van der Waals surface area contributed by atoms with Crippen LogP contribution in [-0.4, -0.2) is 26.9 Å². The Labute approximate surface area is 109 Å². The molecule has 1 aromatic carbocycles. The minimum atomic E-state index is 0.594. The normalized spacial score (nSPS) is 10.7. The van der Waals surface area contributed by atoms with Gasteiger partial charge < -0.3 is 20.5 Å². The van der Waals surface area contributed by atoms with Crippen LogP contribution in [0.1, 0.15) is 20.3 Å². The topological polar surface area (TPSA) is 56.5 Å². The van der Waals surface area contributed by atoms with Crippen LogP contribution in [0.2, 0.25) is 0 Å². The van der Waals surface area contributed by atoms with Crippen molar-refractivity contribution in [2.75, 3.05) is 37.9 Å². The first-order valence-electron chi connectivity index (χ1n) is 6.38. The molecule has 1 rings (SSSR count). The SMILES string of the molecule is COc1cc(N)cc(NCCCOCC(C)C)c1. The zero-order valence-electron chi connectivity index (χ0n) is 11.5. The summed E-state index contributed by atoms with van der Waals surface area (Å²) in [6, 6.07) is 5.64. The third-order valence-corrected chi connectivity index (χ3v) is 2.41. The summed E-state index contributed by atoms with van der Waals surface area (Å²) in [7, 11) is 1.64. The molecule has 1 aromatic rings. The van der Waals surface area contributed by atoms with Crippen LogP contribution in [0.3, 0.4) is 0 Å². The second-order valence-electron chi connectivity index (χ2n) is 4.74. The Bertz CT molecular complexity index is 354. The predicted octanol–water partition coefficient (Wildman–Crippen LogP) is 2.75. The quantitative estimate of drug-likeness (QED) is 0.552. The molecule has 0 atom stereocenters. The molecule has 0 radical (unpaired) electrons. The predicted molar refractivity (Wildman–Crippen MR) is 76.2 cm³/mol. The molecule has 4 heteroatoms. The first kappa shape index (κ1) is 14.6. The van der Waals surface area contributed by atoms with Gasteiger partial charge in [0, 0.05) is 43.3 Å². The molecular weight excluding hydrogens is 228 g/mol. The highest BCUT2D eigenvalue weighted by molar-refractivity contribution is 5.59. The van der Waals surface area contributed by atoms with E-state index in [0.717, 1.165) is 37.6 Å². The number of nitrogens with one attached hydrogen (secondary N) is 1. The molecule has 0 heterocycles. The zero-order chi connectivity index (χ0) is 13.4. The van der Waals surface area contributed by atoms with Crippen molar-refractivity contribution in [2.45, 2.75) is 20.3 Å². The second kappa shape index (κ2) is 7.82. The first-order chi connectivity index (χ1) is 8.61. The van der Waals surface area contributed by atoms with Crippen LogP contribution in [-0.2, 0) is 4.74 Å². The van der Waals surface area contributed by atoms with Crippen molar-refractivity contribution in [1.82, 2.24) is 0 Å². The van der Waals surface area contributed by atoms with Gasteiger partial charge in [-0.1, -0.05) is 13.8 Å². The van der Waals surface area contributed by atoms with Crippen molar-refractivity contribution in [3.63, 3.8) is 0 Å². The number of rotatable bonds is 8. The van der Waals surface area contributed by atoms with Crippen LogP contribution >= 0.6 is 0 Å². The van der Waals surface area contributed by atoms with E-state index >= 15 is 0 Å². The number of ether oxygens (including phenoxy) is 2. The Balaban J connectivity index is 2.24. The molecule has 0 amide bonds. The van der Waals surface area contributed by atoms with Gasteiger partial charge in [0.25, 0.3) is 0 Å². The average Bonchev–Trinajstić information content (AvgIpc) is 2.32. The molecule has 3 N–H and O–H groups in total. The molecule has 0 spiro atoms. The van der Waals surface area contributed by atoms with Crippen molar-refractivity contribution >= 4 is 11.4 Å². The summed E-state index contributed by atoms with van der Waals surface area (Å²) in [5, 5.41) is 3.31. The van der Waals surface area contributed by atoms with E-state index in [1.807, 2.05) is 12.1 Å². The van der Waals surface area contributed by atoms with E-state index in [1.165, 1.54) is 0 Å². The minimum Gasteiger partial charge on any atom is -0.497 e. The summed E-state index contributed by atoms with van der Waals surface area (Å²) >= 11 is 0. The lowest BCUT2D eigenvalue weighted by atomic mass is 10.2. The van der Waals surface area contributed by atoms with Gasteiger partial charge in [0.2, 0.25) is 0 Å². The van der Waals surface area contributed by atoms with Gasteiger partial charge in [-0.3, -0.25) is 0 Å². The van der Waals surface area contributed by atoms with Crippen LogP contribution in [0, 0.1) is 5.92 Å². The van der Waals surface area contributed by atoms with Crippen LogP contribution < -0.4 is 15.8 Å². The zero-order valence-corrected chi connectivity index (χ0v) is 11.5. The van der Waals surface area contributed by atoms with E-state index in [1.54, 1.807) is 13.2 Å². The summed E-state index contributed by atoms with van der Waals surface area (Å²) in [6.45, 7) is 6.77. The van der Waals surface area contributed by atoms with Crippen molar-refractivity contribution in [1.29, 1.82) is 0 Å². The number of nitrogen functional groups attached to an aromatic ring is 1. The summed E-state index contributed by atoms with van der Waals surface area (Å²) in [5.74, 6) is 1.37. The molecule has 4 nitrogen and oxygen atoms in total. The lowest BCUT2D eigenvalue weighted by Crippen LogP contribution is -2.08. The van der Waals surface area contributed by atoms with E-state index in [0.29, 0.717) is 11.6 Å². The standard InChI is InChI=1S/C14H24N2O2/c1-11(2)10-18-6-4-5-16-13-7-12(15)8-14(9-13)17-3/h7-9,11,16H,4-6,10,15H2,1-3H3. The summed E-state index contributed by atoms with van der Waals surface area (Å²) in [5.41, 5.74) is 7.46. The van der Waals surface area contributed by atoms with E-state index < -0.39 is 0 Å². The van der Waals surface area contributed by atoms with Crippen LogP contribution in [0.25, 0.3) is 0 Å². The Morgan fingerprint density at radius 1 is 1.28 bits per heavy atom. The second-order valence-corrected chi connectivity index (χ2v) is 4.74. The van der Waals surface area contributed by atoms with Crippen LogP contribution in [0.4, 0.5) is 11.4 Å². The molecule has 0 aliphatic rings. The molecule has 0 aliphatic carbocycles. The highest BCUT2D eigenvalue weighted by Crippen LogP contribution is 2.21. The average molecular weight is 252 g/mol. The lowest BCUT2D eigenvalue weighted by Gasteiger charge is -2.10. The fourth-order valence-corrected chi connectivity index (χ4v) is 1.57. The molecular formula is C14H24N2O2. The van der Waals surface area contributed by atoms with Crippen LogP contribution in [0.5, 0.6) is 5.75 Å². The maximum Gasteiger partial charge on any atom is 0.122 e. The third kappa shape index (κ3) is 5.77. The van der Waals surface area contributed by atoms with Crippen molar-refractivity contribution in [3.05, 3.63) is 18.2 Å². The Morgan fingerprint density at radius 2 is 2.06 bits per heavy atom. The Morgan fingerprint density at radius 3 is 2.72 bits per heavy atom. The van der Waals surface area contributed by atoms with E-state index in [4.69, 9.17) is 15.2 Å². The van der Waals surface area contributed by atoms with Gasteiger partial charge in [-0.05, 0) is 18.4 Å². The Hall–Kier alpha value is -1.42. The van der Waals surface area contributed by atoms with E-state index in [9.17, 15) is 0 Å². The maximum absolute atomic E-state index is 5.78. The molecule has 0 saturated heterocycles. The van der Waals surface area contributed by atoms with E-state index in [-0.39, 0.29) is 0 Å². The van der Waals surface area contributed by atoms with Gasteiger partial charge in [0.15, 0.2) is 0 Å². The molecule has 102 valence electrons. The first-order valence-corrected chi connectivity index (χ1v) is 6.38. The fraction of sp³-hybridized carbons (Fsp3) is 0.571. The van der Waals surface area contributed by atoms with Crippen molar-refractivity contribution in [3.8, 4) is 5.75 Å². The Kier molecular flexibility index (Phi) is 6.36. The lowest BCUT2D eigenvalue weighted by molar-refractivity contribution is 0.110. The molecule has 0 aromatic heterocycles. The minimum absolute atomic E-state index is 0.594. The van der Waals surface area contributed by atoms with Gasteiger partial charge in [-0.25, -0.2) is 0 Å². The molecule has 0 bridgehead atoms. The maximum atomic E-state index is 5.78. The molecule has 0 unspecified atom stereocenters. The molecule has 0 saturated carbocycles. The number of hydrogen-bond acceptors (Lipinski definition) is 4. The van der Waals surface area contributed by atoms with E-state index in [2.05, 4.69) is 19.2 Å². The number of anilines is 2. The van der Waals surface area contributed by atoms with Gasteiger partial charge in [0.1, 0.15) is 5.75 Å². The third-order valence-electron chi connectivity index (χ3n) is 2.41. The largest absolute Gasteiger partial charge is 0.497 e. The van der Waals surface area contributed by atoms with Gasteiger partial charge in [-0.15, -0.1) is 0 Å².